The lowest BCUT2D eigenvalue weighted by Crippen LogP contribution is -2.43. The highest BCUT2D eigenvalue weighted by Crippen LogP contribution is 2.26. The van der Waals surface area contributed by atoms with E-state index >= 15 is 0 Å². The number of hydrogen-bond donors (Lipinski definition) is 1. The molecule has 228 valence electrons. The van der Waals surface area contributed by atoms with E-state index in [0.717, 1.165) is 24.0 Å². The van der Waals surface area contributed by atoms with Gasteiger partial charge in [0.05, 0.1) is 4.90 Å². The van der Waals surface area contributed by atoms with Gasteiger partial charge in [-0.15, -0.1) is 0 Å². The third-order valence-corrected chi connectivity index (χ3v) is 9.74. The molecule has 0 aliphatic carbocycles. The van der Waals surface area contributed by atoms with Crippen LogP contribution in [0, 0.1) is 5.82 Å². The van der Waals surface area contributed by atoms with E-state index in [4.69, 9.17) is 0 Å². The van der Waals surface area contributed by atoms with Crippen LogP contribution in [0.3, 0.4) is 0 Å². The van der Waals surface area contributed by atoms with Crippen molar-refractivity contribution in [2.75, 3.05) is 13.1 Å². The van der Waals surface area contributed by atoms with E-state index < -0.39 is 16.1 Å². The third-order valence-electron chi connectivity index (χ3n) is 7.83. The monoisotopic (exact) mass is 613 g/mol. The Bertz CT molecular complexity index is 1640. The van der Waals surface area contributed by atoms with Crippen LogP contribution in [0.25, 0.3) is 0 Å². The Morgan fingerprint density at radius 3 is 2.00 bits per heavy atom. The molecule has 0 unspecified atom stereocenters. The second kappa shape index (κ2) is 14.4. The number of rotatable bonds is 12. The van der Waals surface area contributed by atoms with Gasteiger partial charge in [0.15, 0.2) is 0 Å². The van der Waals surface area contributed by atoms with Crippen LogP contribution in [0.15, 0.2) is 114 Å². The zero-order valence-corrected chi connectivity index (χ0v) is 25.3. The molecule has 4 aromatic rings. The highest BCUT2D eigenvalue weighted by Gasteiger charge is 2.31. The highest BCUT2D eigenvalue weighted by atomic mass is 32.2. The first-order valence-electron chi connectivity index (χ1n) is 14.8. The molecular formula is C35H36FN3O4S. The van der Waals surface area contributed by atoms with Gasteiger partial charge in [-0.3, -0.25) is 9.59 Å². The molecule has 0 bridgehead atoms. The predicted octanol–water partition coefficient (Wildman–Crippen LogP) is 5.63. The zero-order valence-electron chi connectivity index (χ0n) is 24.4. The molecule has 0 radical (unpaired) electrons. The number of amides is 2. The largest absolute Gasteiger partial charge is 0.350 e. The Balaban J connectivity index is 1.37. The maximum atomic E-state index is 14.0. The molecular weight excluding hydrogens is 577 g/mol. The molecule has 1 aliphatic heterocycles. The fourth-order valence-electron chi connectivity index (χ4n) is 5.40. The van der Waals surface area contributed by atoms with Crippen LogP contribution in [0.2, 0.25) is 0 Å². The van der Waals surface area contributed by atoms with Crippen molar-refractivity contribution >= 4 is 21.8 Å². The summed E-state index contributed by atoms with van der Waals surface area (Å²) < 4.78 is 41.0. The number of sulfonamides is 1. The summed E-state index contributed by atoms with van der Waals surface area (Å²) in [6.07, 6.45) is 2.18. The molecule has 7 nitrogen and oxygen atoms in total. The smallest absolute Gasteiger partial charge is 0.247 e. The third kappa shape index (κ3) is 7.78. The number of benzene rings is 4. The van der Waals surface area contributed by atoms with Gasteiger partial charge in [-0.25, -0.2) is 12.8 Å². The van der Waals surface area contributed by atoms with Gasteiger partial charge in [-0.2, -0.15) is 4.31 Å². The van der Waals surface area contributed by atoms with Gasteiger partial charge in [0.25, 0.3) is 0 Å². The molecule has 1 N–H and O–H groups in total. The Kier molecular flexibility index (Phi) is 10.2. The minimum Gasteiger partial charge on any atom is -0.350 e. The van der Waals surface area contributed by atoms with Crippen molar-refractivity contribution in [1.29, 1.82) is 0 Å². The minimum absolute atomic E-state index is 0.0920. The number of nitrogens with zero attached hydrogens (tertiary/aromatic N) is 2. The number of nitrogens with one attached hydrogen (secondary N) is 1. The quantitative estimate of drug-likeness (QED) is 0.225. The summed E-state index contributed by atoms with van der Waals surface area (Å²) in [4.78, 5) is 29.5. The average Bonchev–Trinajstić information content (AvgIpc) is 3.61. The van der Waals surface area contributed by atoms with Crippen LogP contribution in [-0.4, -0.2) is 42.5 Å². The van der Waals surface area contributed by atoms with Gasteiger partial charge < -0.3 is 10.2 Å². The highest BCUT2D eigenvalue weighted by molar-refractivity contribution is 7.89. The number of aryl methyl sites for hydroxylation is 1. The lowest BCUT2D eigenvalue weighted by molar-refractivity contribution is -0.141. The van der Waals surface area contributed by atoms with Crippen LogP contribution in [0.1, 0.15) is 47.6 Å². The van der Waals surface area contributed by atoms with Crippen molar-refractivity contribution in [2.24, 2.45) is 0 Å². The average molecular weight is 614 g/mol. The number of carbonyl (C=O) groups excluding carboxylic acids is 2. The normalized spacial score (nSPS) is 14.2. The molecule has 1 atom stereocenters. The van der Waals surface area contributed by atoms with Crippen molar-refractivity contribution in [3.8, 4) is 0 Å². The standard InChI is InChI=1S/C35H36FN3O4S/c36-31-18-13-29(14-19-31)26-39(34(30-11-5-2-6-12-30)35(41)37-25-28-9-3-1-4-10-28)33(40)22-17-27-15-20-32(21-16-27)44(42,43)38-23-7-8-24-38/h1-6,9-16,18-21,34H,7-8,17,22-26H2,(H,37,41)/t34-/m1/s1. The van der Waals surface area contributed by atoms with Crippen LogP contribution >= 0.6 is 0 Å². The maximum absolute atomic E-state index is 14.0. The van der Waals surface area contributed by atoms with E-state index in [-0.39, 0.29) is 35.5 Å². The zero-order chi connectivity index (χ0) is 30.9. The van der Waals surface area contributed by atoms with E-state index in [2.05, 4.69) is 5.32 Å². The Morgan fingerprint density at radius 1 is 0.773 bits per heavy atom. The van der Waals surface area contributed by atoms with Gasteiger partial charge in [0.1, 0.15) is 11.9 Å². The molecule has 1 aliphatic rings. The topological polar surface area (TPSA) is 86.8 Å². The van der Waals surface area contributed by atoms with E-state index in [1.807, 2.05) is 60.7 Å². The molecule has 2 amide bonds. The Hall–Kier alpha value is -4.34. The molecule has 5 rings (SSSR count). The molecule has 1 heterocycles. The van der Waals surface area contributed by atoms with Gasteiger partial charge in [0.2, 0.25) is 21.8 Å². The lowest BCUT2D eigenvalue weighted by atomic mass is 10.0. The fraction of sp³-hybridized carbons (Fsp3) is 0.257. The number of hydrogen-bond acceptors (Lipinski definition) is 4. The van der Waals surface area contributed by atoms with Crippen LogP contribution in [0.4, 0.5) is 4.39 Å². The summed E-state index contributed by atoms with van der Waals surface area (Å²) >= 11 is 0. The van der Waals surface area contributed by atoms with Crippen molar-refractivity contribution in [2.45, 2.75) is 49.7 Å². The number of carbonyl (C=O) groups is 2. The van der Waals surface area contributed by atoms with Crippen LogP contribution in [-0.2, 0) is 39.1 Å². The summed E-state index contributed by atoms with van der Waals surface area (Å²) in [6.45, 7) is 1.46. The molecule has 0 spiro atoms. The number of halogens is 1. The van der Waals surface area contributed by atoms with E-state index in [9.17, 15) is 22.4 Å². The van der Waals surface area contributed by atoms with Crippen molar-refractivity contribution < 1.29 is 22.4 Å². The lowest BCUT2D eigenvalue weighted by Gasteiger charge is -2.32. The van der Waals surface area contributed by atoms with Gasteiger partial charge >= 0.3 is 0 Å². The summed E-state index contributed by atoms with van der Waals surface area (Å²) in [6, 6.07) is 30.3. The predicted molar refractivity (Wildman–Crippen MR) is 167 cm³/mol. The van der Waals surface area contributed by atoms with E-state index in [0.29, 0.717) is 37.2 Å². The van der Waals surface area contributed by atoms with E-state index in [1.165, 1.54) is 21.3 Å². The summed E-state index contributed by atoms with van der Waals surface area (Å²) in [5.74, 6) is -0.971. The SMILES string of the molecule is O=C(NCc1ccccc1)[C@@H](c1ccccc1)N(Cc1ccc(F)cc1)C(=O)CCc1ccc(S(=O)(=O)N2CCCC2)cc1. The fourth-order valence-corrected chi connectivity index (χ4v) is 6.92. The minimum atomic E-state index is -3.53. The maximum Gasteiger partial charge on any atom is 0.247 e. The summed E-state index contributed by atoms with van der Waals surface area (Å²) in [5.41, 5.74) is 3.09. The Labute approximate surface area is 258 Å². The van der Waals surface area contributed by atoms with Crippen molar-refractivity contribution in [3.05, 3.63) is 137 Å². The van der Waals surface area contributed by atoms with Gasteiger partial charge in [0, 0.05) is 32.6 Å². The first kappa shape index (κ1) is 31.1. The second-order valence-corrected chi connectivity index (χ2v) is 12.9. The first-order valence-corrected chi connectivity index (χ1v) is 16.2. The molecule has 44 heavy (non-hydrogen) atoms. The van der Waals surface area contributed by atoms with Crippen LogP contribution < -0.4 is 5.32 Å². The summed E-state index contributed by atoms with van der Waals surface area (Å²) in [5, 5.41) is 2.99. The van der Waals surface area contributed by atoms with Gasteiger partial charge in [-0.05, 0) is 65.8 Å². The molecule has 1 saturated heterocycles. The molecule has 9 heteroatoms. The van der Waals surface area contributed by atoms with E-state index in [1.54, 1.807) is 36.4 Å². The molecule has 0 aromatic heterocycles. The molecule has 4 aromatic carbocycles. The Morgan fingerprint density at radius 2 is 1.36 bits per heavy atom. The van der Waals surface area contributed by atoms with Gasteiger partial charge in [-0.1, -0.05) is 84.9 Å². The van der Waals surface area contributed by atoms with Crippen molar-refractivity contribution in [1.82, 2.24) is 14.5 Å². The van der Waals surface area contributed by atoms with Crippen LogP contribution in [0.5, 0.6) is 0 Å². The molecule has 1 fully saturated rings. The summed E-state index contributed by atoms with van der Waals surface area (Å²) in [7, 11) is -3.53. The van der Waals surface area contributed by atoms with Crippen molar-refractivity contribution in [3.63, 3.8) is 0 Å². The molecule has 0 saturated carbocycles. The first-order chi connectivity index (χ1) is 21.3. The second-order valence-electron chi connectivity index (χ2n) is 10.9.